The molecular weight excluding hydrogens is 416 g/mol. The molecule has 1 aliphatic heterocycles. The number of nitrogens with zero attached hydrogens (tertiary/aromatic N) is 1. The molecule has 7 heteroatoms. The highest BCUT2D eigenvalue weighted by molar-refractivity contribution is 6.30. The first-order chi connectivity index (χ1) is 14.9. The molecule has 0 fully saturated rings. The van der Waals surface area contributed by atoms with Crippen molar-refractivity contribution in [2.45, 2.75) is 58.7 Å². The van der Waals surface area contributed by atoms with Gasteiger partial charge in [-0.1, -0.05) is 36.7 Å². The highest BCUT2D eigenvalue weighted by atomic mass is 35.5. The van der Waals surface area contributed by atoms with Crippen LogP contribution in [0.1, 0.15) is 44.7 Å². The van der Waals surface area contributed by atoms with E-state index in [2.05, 4.69) is 5.32 Å². The average molecular weight is 445 g/mol. The molecule has 0 saturated heterocycles. The molecule has 166 valence electrons. The molecule has 0 aliphatic carbocycles. The van der Waals surface area contributed by atoms with Crippen LogP contribution in [-0.4, -0.2) is 35.6 Å². The number of hydrogen-bond acceptors (Lipinski definition) is 4. The normalized spacial score (nSPS) is 14.1. The summed E-state index contributed by atoms with van der Waals surface area (Å²) in [6.07, 6.45) is 1.66. The third kappa shape index (κ3) is 6.14. The minimum absolute atomic E-state index is 0.0519. The fourth-order valence-electron chi connectivity index (χ4n) is 3.33. The third-order valence-corrected chi connectivity index (χ3v) is 5.75. The minimum atomic E-state index is -0.589. The molecule has 0 bridgehead atoms. The van der Waals surface area contributed by atoms with Crippen molar-refractivity contribution < 1.29 is 19.1 Å². The van der Waals surface area contributed by atoms with Crippen LogP contribution >= 0.6 is 11.6 Å². The monoisotopic (exact) mass is 444 g/mol. The lowest BCUT2D eigenvalue weighted by Crippen LogP contribution is -2.49. The summed E-state index contributed by atoms with van der Waals surface area (Å²) in [5, 5.41) is 3.61. The summed E-state index contributed by atoms with van der Waals surface area (Å²) in [6.45, 7) is 6.29. The van der Waals surface area contributed by atoms with Crippen LogP contribution in [-0.2, 0) is 22.6 Å². The number of benzene rings is 2. The molecular formula is C24H29ClN2O4. The maximum atomic E-state index is 13.2. The number of fused-ring (bicyclic) bond motifs is 1. The van der Waals surface area contributed by atoms with Gasteiger partial charge in [0.2, 0.25) is 18.6 Å². The average Bonchev–Trinajstić information content (AvgIpc) is 3.24. The molecule has 2 unspecified atom stereocenters. The number of rotatable bonds is 9. The molecule has 1 aliphatic rings. The van der Waals surface area contributed by atoms with Crippen molar-refractivity contribution in [1.82, 2.24) is 10.2 Å². The van der Waals surface area contributed by atoms with Gasteiger partial charge in [0.1, 0.15) is 6.04 Å². The van der Waals surface area contributed by atoms with Crippen molar-refractivity contribution in [3.63, 3.8) is 0 Å². The van der Waals surface area contributed by atoms with Crippen LogP contribution in [0.2, 0.25) is 5.02 Å². The van der Waals surface area contributed by atoms with Crippen LogP contribution in [0.3, 0.4) is 0 Å². The van der Waals surface area contributed by atoms with Crippen LogP contribution in [0.15, 0.2) is 42.5 Å². The number of halogens is 1. The zero-order chi connectivity index (χ0) is 22.4. The molecule has 6 nitrogen and oxygen atoms in total. The molecule has 1 N–H and O–H groups in total. The molecule has 2 atom stereocenters. The standard InChI is InChI=1S/C24H29ClN2O4/c1-4-16(2)26-24(29)17(3)27(14-19-5-9-20(25)10-6-19)23(28)12-8-18-7-11-21-22(13-18)31-15-30-21/h5-7,9-11,13,16-17H,4,8,12,14-15H2,1-3H3,(H,26,29). The van der Waals surface area contributed by atoms with E-state index in [4.69, 9.17) is 21.1 Å². The first kappa shape index (κ1) is 22.9. The van der Waals surface area contributed by atoms with Gasteiger partial charge in [-0.3, -0.25) is 9.59 Å². The van der Waals surface area contributed by atoms with E-state index < -0.39 is 6.04 Å². The number of carbonyl (C=O) groups is 2. The maximum Gasteiger partial charge on any atom is 0.242 e. The summed E-state index contributed by atoms with van der Waals surface area (Å²) in [4.78, 5) is 27.6. The van der Waals surface area contributed by atoms with Gasteiger partial charge in [-0.25, -0.2) is 0 Å². The van der Waals surface area contributed by atoms with Crippen molar-refractivity contribution in [3.05, 3.63) is 58.6 Å². The Morgan fingerprint density at radius 2 is 1.74 bits per heavy atom. The highest BCUT2D eigenvalue weighted by Crippen LogP contribution is 2.32. The summed E-state index contributed by atoms with van der Waals surface area (Å²) in [6, 6.07) is 12.5. The molecule has 1 heterocycles. The third-order valence-electron chi connectivity index (χ3n) is 5.50. The van der Waals surface area contributed by atoms with Gasteiger partial charge in [0.05, 0.1) is 0 Å². The van der Waals surface area contributed by atoms with Gasteiger partial charge in [-0.2, -0.15) is 0 Å². The van der Waals surface area contributed by atoms with Crippen LogP contribution in [0.5, 0.6) is 11.5 Å². The van der Waals surface area contributed by atoms with Crippen LogP contribution < -0.4 is 14.8 Å². The Bertz CT molecular complexity index is 916. The van der Waals surface area contributed by atoms with Gasteiger partial charge in [0.25, 0.3) is 0 Å². The highest BCUT2D eigenvalue weighted by Gasteiger charge is 2.26. The summed E-state index contributed by atoms with van der Waals surface area (Å²) < 4.78 is 10.8. The van der Waals surface area contributed by atoms with Crippen molar-refractivity contribution in [1.29, 1.82) is 0 Å². The van der Waals surface area contributed by atoms with Crippen LogP contribution in [0.25, 0.3) is 0 Å². The minimum Gasteiger partial charge on any atom is -0.454 e. The predicted molar refractivity (Wildman–Crippen MR) is 120 cm³/mol. The lowest BCUT2D eigenvalue weighted by Gasteiger charge is -2.30. The molecule has 0 spiro atoms. The predicted octanol–water partition coefficient (Wildman–Crippen LogP) is 4.33. The van der Waals surface area contributed by atoms with Gasteiger partial charge < -0.3 is 19.7 Å². The Kier molecular flexibility index (Phi) is 7.80. The second kappa shape index (κ2) is 10.5. The number of nitrogens with one attached hydrogen (secondary N) is 1. The van der Waals surface area contributed by atoms with Gasteiger partial charge in [-0.05, 0) is 62.1 Å². The SMILES string of the molecule is CCC(C)NC(=O)C(C)N(Cc1ccc(Cl)cc1)C(=O)CCc1ccc2c(c1)OCO2. The van der Waals surface area contributed by atoms with Crippen LogP contribution in [0, 0.1) is 0 Å². The molecule has 0 radical (unpaired) electrons. The second-order valence-corrected chi connectivity index (χ2v) is 8.27. The number of ether oxygens (including phenoxy) is 2. The first-order valence-corrected chi connectivity index (χ1v) is 11.0. The van der Waals surface area contributed by atoms with Gasteiger partial charge in [-0.15, -0.1) is 0 Å². The van der Waals surface area contributed by atoms with Crippen molar-refractivity contribution in [3.8, 4) is 11.5 Å². The Morgan fingerprint density at radius 3 is 2.45 bits per heavy atom. The largest absolute Gasteiger partial charge is 0.454 e. The number of carbonyl (C=O) groups excluding carboxylic acids is 2. The number of amides is 2. The molecule has 2 amide bonds. The van der Waals surface area contributed by atoms with E-state index in [1.807, 2.05) is 44.2 Å². The zero-order valence-electron chi connectivity index (χ0n) is 18.2. The van der Waals surface area contributed by atoms with Gasteiger partial charge in [0, 0.05) is 24.0 Å². The van der Waals surface area contributed by atoms with E-state index in [0.29, 0.717) is 23.7 Å². The smallest absolute Gasteiger partial charge is 0.242 e. The van der Waals surface area contributed by atoms with E-state index in [9.17, 15) is 9.59 Å². The lowest BCUT2D eigenvalue weighted by atomic mass is 10.1. The van der Waals surface area contributed by atoms with Crippen LogP contribution in [0.4, 0.5) is 0 Å². The second-order valence-electron chi connectivity index (χ2n) is 7.83. The van der Waals surface area contributed by atoms with E-state index in [-0.39, 0.29) is 31.1 Å². The van der Waals surface area contributed by atoms with Crippen molar-refractivity contribution >= 4 is 23.4 Å². The van der Waals surface area contributed by atoms with E-state index in [0.717, 1.165) is 23.3 Å². The molecule has 2 aromatic carbocycles. The molecule has 3 rings (SSSR count). The fourth-order valence-corrected chi connectivity index (χ4v) is 3.45. The summed E-state index contributed by atoms with van der Waals surface area (Å²) >= 11 is 5.99. The molecule has 2 aromatic rings. The summed E-state index contributed by atoms with van der Waals surface area (Å²) in [5.74, 6) is 1.18. The van der Waals surface area contributed by atoms with Crippen molar-refractivity contribution in [2.24, 2.45) is 0 Å². The Balaban J connectivity index is 1.71. The summed E-state index contributed by atoms with van der Waals surface area (Å²) in [7, 11) is 0. The van der Waals surface area contributed by atoms with E-state index in [1.165, 1.54) is 0 Å². The molecule has 0 aromatic heterocycles. The van der Waals surface area contributed by atoms with E-state index >= 15 is 0 Å². The van der Waals surface area contributed by atoms with Gasteiger partial charge in [0.15, 0.2) is 11.5 Å². The number of hydrogen-bond donors (Lipinski definition) is 1. The van der Waals surface area contributed by atoms with Gasteiger partial charge >= 0.3 is 0 Å². The molecule has 0 saturated carbocycles. The maximum absolute atomic E-state index is 13.2. The number of aryl methyl sites for hydroxylation is 1. The van der Waals surface area contributed by atoms with E-state index in [1.54, 1.807) is 24.0 Å². The Morgan fingerprint density at radius 1 is 1.06 bits per heavy atom. The fraction of sp³-hybridized carbons (Fsp3) is 0.417. The Hall–Kier alpha value is -2.73. The Labute approximate surface area is 188 Å². The zero-order valence-corrected chi connectivity index (χ0v) is 18.9. The first-order valence-electron chi connectivity index (χ1n) is 10.6. The topological polar surface area (TPSA) is 67.9 Å². The lowest BCUT2D eigenvalue weighted by molar-refractivity contribution is -0.140. The van der Waals surface area contributed by atoms with Crippen molar-refractivity contribution in [2.75, 3.05) is 6.79 Å². The summed E-state index contributed by atoms with van der Waals surface area (Å²) in [5.41, 5.74) is 1.91. The molecule has 31 heavy (non-hydrogen) atoms. The quantitative estimate of drug-likeness (QED) is 0.625.